The lowest BCUT2D eigenvalue weighted by Crippen LogP contribution is -2.08. The Morgan fingerprint density at radius 2 is 1.85 bits per heavy atom. The van der Waals surface area contributed by atoms with E-state index in [0.29, 0.717) is 17.0 Å². The van der Waals surface area contributed by atoms with Crippen molar-refractivity contribution in [2.75, 3.05) is 0 Å². The summed E-state index contributed by atoms with van der Waals surface area (Å²) in [5, 5.41) is 9.99. The zero-order valence-electron chi connectivity index (χ0n) is 14.9. The fourth-order valence-corrected chi connectivity index (χ4v) is 3.41. The van der Waals surface area contributed by atoms with Gasteiger partial charge in [0.15, 0.2) is 5.78 Å². The van der Waals surface area contributed by atoms with E-state index in [1.807, 2.05) is 49.4 Å². The number of aromatic carboxylic acids is 1. The molecule has 0 bridgehead atoms. The molecule has 0 spiro atoms. The van der Waals surface area contributed by atoms with Gasteiger partial charge in [0.25, 0.3) is 0 Å². The predicted octanol–water partition coefficient (Wildman–Crippen LogP) is 5.03. The second kappa shape index (κ2) is 6.96. The normalized spacial score (nSPS) is 11.3. The van der Waals surface area contributed by atoms with Gasteiger partial charge in [-0.25, -0.2) is 4.79 Å². The number of carboxylic acids is 1. The Balaban J connectivity index is 2.27. The van der Waals surface area contributed by atoms with Crippen LogP contribution in [-0.2, 0) is 6.42 Å². The number of nitrogens with zero attached hydrogens (tertiary/aromatic N) is 1. The van der Waals surface area contributed by atoms with Gasteiger partial charge >= 0.3 is 5.97 Å². The molecule has 0 aliphatic carbocycles. The second-order valence-corrected chi connectivity index (χ2v) is 7.12. The summed E-state index contributed by atoms with van der Waals surface area (Å²) in [7, 11) is 0. The summed E-state index contributed by atoms with van der Waals surface area (Å²) < 4.78 is 1.82. The Hall–Kier alpha value is -2.59. The first kappa shape index (κ1) is 18.2. The van der Waals surface area contributed by atoms with Gasteiger partial charge in [0.1, 0.15) is 0 Å². The number of aromatic nitrogens is 1. The highest BCUT2D eigenvalue weighted by molar-refractivity contribution is 6.31. The van der Waals surface area contributed by atoms with E-state index in [9.17, 15) is 14.7 Å². The zero-order chi connectivity index (χ0) is 19.0. The topological polar surface area (TPSA) is 58.8 Å². The number of hydrogen-bond donors (Lipinski definition) is 1. The highest BCUT2D eigenvalue weighted by atomic mass is 35.5. The third kappa shape index (κ3) is 3.13. The standard InChI is InChI=1S/C21H20ClNO3/c1-12(2)20(24)19-13(3)18(10-14-6-4-5-7-16(14)22)23-11-15(21(25)26)8-9-17(19)23/h4-9,11-12H,10H2,1-3H3,(H,25,26). The minimum absolute atomic E-state index is 0.0495. The largest absolute Gasteiger partial charge is 0.478 e. The van der Waals surface area contributed by atoms with Gasteiger partial charge in [-0.05, 0) is 36.2 Å². The van der Waals surface area contributed by atoms with Crippen LogP contribution in [0.3, 0.4) is 0 Å². The molecule has 0 aliphatic rings. The molecule has 3 aromatic rings. The van der Waals surface area contributed by atoms with Gasteiger partial charge < -0.3 is 9.51 Å². The van der Waals surface area contributed by atoms with Crippen molar-refractivity contribution in [1.29, 1.82) is 0 Å². The van der Waals surface area contributed by atoms with Gasteiger partial charge in [0, 0.05) is 34.8 Å². The van der Waals surface area contributed by atoms with Gasteiger partial charge in [0.2, 0.25) is 0 Å². The fourth-order valence-electron chi connectivity index (χ4n) is 3.21. The molecule has 5 heteroatoms. The first-order valence-electron chi connectivity index (χ1n) is 8.45. The van der Waals surface area contributed by atoms with Crippen LogP contribution in [0, 0.1) is 12.8 Å². The van der Waals surface area contributed by atoms with E-state index in [4.69, 9.17) is 11.6 Å². The van der Waals surface area contributed by atoms with Crippen molar-refractivity contribution >= 4 is 28.9 Å². The van der Waals surface area contributed by atoms with Crippen molar-refractivity contribution in [3.05, 3.63) is 75.6 Å². The molecule has 0 unspecified atom stereocenters. The Labute approximate surface area is 157 Å². The molecule has 0 fully saturated rings. The van der Waals surface area contributed by atoms with Crippen molar-refractivity contribution in [1.82, 2.24) is 4.40 Å². The van der Waals surface area contributed by atoms with Crippen LogP contribution in [0.1, 0.15) is 51.4 Å². The first-order chi connectivity index (χ1) is 12.3. The molecule has 0 radical (unpaired) electrons. The maximum atomic E-state index is 12.8. The molecule has 0 saturated carbocycles. The minimum Gasteiger partial charge on any atom is -0.478 e. The van der Waals surface area contributed by atoms with Gasteiger partial charge in [0.05, 0.1) is 11.1 Å². The number of carboxylic acid groups (broad SMARTS) is 1. The lowest BCUT2D eigenvalue weighted by Gasteiger charge is -2.07. The summed E-state index contributed by atoms with van der Waals surface area (Å²) in [6.45, 7) is 5.64. The van der Waals surface area contributed by atoms with E-state index in [0.717, 1.165) is 22.3 Å². The van der Waals surface area contributed by atoms with Crippen LogP contribution in [0.15, 0.2) is 42.6 Å². The number of ketones is 1. The number of pyridine rings is 1. The van der Waals surface area contributed by atoms with Gasteiger partial charge in [-0.15, -0.1) is 0 Å². The van der Waals surface area contributed by atoms with Crippen molar-refractivity contribution in [2.45, 2.75) is 27.2 Å². The summed E-state index contributed by atoms with van der Waals surface area (Å²) in [6.07, 6.45) is 2.09. The van der Waals surface area contributed by atoms with Gasteiger partial charge in [-0.3, -0.25) is 4.79 Å². The Morgan fingerprint density at radius 3 is 2.46 bits per heavy atom. The number of benzene rings is 1. The number of rotatable bonds is 5. The summed E-state index contributed by atoms with van der Waals surface area (Å²) in [5.41, 5.74) is 4.23. The van der Waals surface area contributed by atoms with Crippen molar-refractivity contribution < 1.29 is 14.7 Å². The SMILES string of the molecule is Cc1c(C(=O)C(C)C)c2ccc(C(=O)O)cn2c1Cc1ccccc1Cl. The highest BCUT2D eigenvalue weighted by Gasteiger charge is 2.23. The van der Waals surface area contributed by atoms with E-state index in [1.165, 1.54) is 6.07 Å². The maximum Gasteiger partial charge on any atom is 0.337 e. The van der Waals surface area contributed by atoms with Crippen LogP contribution in [0.25, 0.3) is 5.52 Å². The third-order valence-corrected chi connectivity index (χ3v) is 5.01. The number of carbonyl (C=O) groups is 2. The molecule has 0 atom stereocenters. The van der Waals surface area contributed by atoms with Crippen molar-refractivity contribution in [3.63, 3.8) is 0 Å². The summed E-state index contributed by atoms with van der Waals surface area (Å²) in [5.74, 6) is -1.10. The molecule has 1 aromatic carbocycles. The molecule has 0 amide bonds. The molecule has 26 heavy (non-hydrogen) atoms. The van der Waals surface area contributed by atoms with Gasteiger partial charge in [-0.2, -0.15) is 0 Å². The van der Waals surface area contributed by atoms with Crippen LogP contribution in [0.4, 0.5) is 0 Å². The fraction of sp³-hybridized carbons (Fsp3) is 0.238. The summed E-state index contributed by atoms with van der Waals surface area (Å²) >= 11 is 6.31. The number of hydrogen-bond acceptors (Lipinski definition) is 2. The average molecular weight is 370 g/mol. The number of fused-ring (bicyclic) bond motifs is 1. The smallest absolute Gasteiger partial charge is 0.337 e. The van der Waals surface area contributed by atoms with Crippen LogP contribution in [0.5, 0.6) is 0 Å². The van der Waals surface area contributed by atoms with E-state index < -0.39 is 5.97 Å². The lowest BCUT2D eigenvalue weighted by atomic mass is 9.97. The monoisotopic (exact) mass is 369 g/mol. The zero-order valence-corrected chi connectivity index (χ0v) is 15.7. The third-order valence-electron chi connectivity index (χ3n) is 4.64. The van der Waals surface area contributed by atoms with E-state index in [-0.39, 0.29) is 17.3 Å². The van der Waals surface area contributed by atoms with E-state index >= 15 is 0 Å². The van der Waals surface area contributed by atoms with Crippen molar-refractivity contribution in [3.8, 4) is 0 Å². The highest BCUT2D eigenvalue weighted by Crippen LogP contribution is 2.29. The first-order valence-corrected chi connectivity index (χ1v) is 8.83. The van der Waals surface area contributed by atoms with E-state index in [2.05, 4.69) is 0 Å². The summed E-state index contributed by atoms with van der Waals surface area (Å²) in [4.78, 5) is 24.2. The van der Waals surface area contributed by atoms with Crippen LogP contribution in [-0.4, -0.2) is 21.3 Å². The molecule has 0 saturated heterocycles. The van der Waals surface area contributed by atoms with Crippen LogP contribution < -0.4 is 0 Å². The van der Waals surface area contributed by atoms with E-state index in [1.54, 1.807) is 12.3 Å². The molecule has 2 aromatic heterocycles. The molecule has 3 rings (SSSR count). The molecule has 0 aliphatic heterocycles. The van der Waals surface area contributed by atoms with Gasteiger partial charge in [-0.1, -0.05) is 43.6 Å². The molecular weight excluding hydrogens is 350 g/mol. The number of Topliss-reactive ketones (excluding diaryl/α,β-unsaturated/α-hetero) is 1. The quantitative estimate of drug-likeness (QED) is 0.642. The molecule has 4 nitrogen and oxygen atoms in total. The predicted molar refractivity (Wildman–Crippen MR) is 103 cm³/mol. The van der Waals surface area contributed by atoms with Crippen LogP contribution >= 0.6 is 11.6 Å². The maximum absolute atomic E-state index is 12.8. The second-order valence-electron chi connectivity index (χ2n) is 6.71. The Morgan fingerprint density at radius 1 is 1.15 bits per heavy atom. The average Bonchev–Trinajstić information content (AvgIpc) is 2.87. The Kier molecular flexibility index (Phi) is 4.88. The van der Waals surface area contributed by atoms with Crippen molar-refractivity contribution in [2.24, 2.45) is 5.92 Å². The lowest BCUT2D eigenvalue weighted by molar-refractivity contribution is 0.0696. The molecular formula is C21H20ClNO3. The van der Waals surface area contributed by atoms with Crippen LogP contribution in [0.2, 0.25) is 5.02 Å². The molecule has 2 heterocycles. The summed E-state index contributed by atoms with van der Waals surface area (Å²) in [6, 6.07) is 10.8. The molecule has 1 N–H and O–H groups in total. The molecule has 134 valence electrons. The minimum atomic E-state index is -1.00. The number of carbonyl (C=O) groups excluding carboxylic acids is 1. The Bertz CT molecular complexity index is 1020. The number of halogens is 1.